The number of carbonyl (C=O) groups is 1. The van der Waals surface area contributed by atoms with Crippen molar-refractivity contribution in [3.63, 3.8) is 0 Å². The first-order valence-electron chi connectivity index (χ1n) is 10.2. The normalized spacial score (nSPS) is 25.3. The van der Waals surface area contributed by atoms with E-state index < -0.39 is 0 Å². The molecule has 2 saturated carbocycles. The zero-order valence-corrected chi connectivity index (χ0v) is 16.7. The summed E-state index contributed by atoms with van der Waals surface area (Å²) in [5, 5.41) is 12.9. The second-order valence-electron chi connectivity index (χ2n) is 8.48. The maximum absolute atomic E-state index is 13.0. The van der Waals surface area contributed by atoms with Gasteiger partial charge in [0.2, 0.25) is 0 Å². The molecule has 2 aliphatic rings. The van der Waals surface area contributed by atoms with Crippen LogP contribution in [-0.4, -0.2) is 22.9 Å². The van der Waals surface area contributed by atoms with Crippen LogP contribution in [0.5, 0.6) is 0 Å². The number of carbonyl (C=O) groups excluding carboxylic acids is 1. The lowest BCUT2D eigenvalue weighted by Crippen LogP contribution is -2.38. The van der Waals surface area contributed by atoms with Crippen LogP contribution in [0.4, 0.5) is 0 Å². The van der Waals surface area contributed by atoms with E-state index in [1.54, 1.807) is 11.1 Å². The van der Waals surface area contributed by atoms with Crippen molar-refractivity contribution in [1.29, 1.82) is 5.26 Å². The van der Waals surface area contributed by atoms with Gasteiger partial charge in [0.25, 0.3) is 5.91 Å². The van der Waals surface area contributed by atoms with Crippen LogP contribution >= 0.6 is 0 Å². The predicted octanol–water partition coefficient (Wildman–Crippen LogP) is 4.25. The molecule has 1 N–H and O–H groups in total. The molecular weight excluding hydrogens is 334 g/mol. The van der Waals surface area contributed by atoms with Crippen LogP contribution in [0, 0.1) is 29.1 Å². The Hall–Kier alpha value is -2.28. The van der Waals surface area contributed by atoms with Crippen LogP contribution < -0.4 is 5.32 Å². The van der Waals surface area contributed by atoms with Gasteiger partial charge in [0.1, 0.15) is 11.6 Å². The van der Waals surface area contributed by atoms with Crippen LogP contribution in [0.3, 0.4) is 0 Å². The van der Waals surface area contributed by atoms with Crippen LogP contribution in [0.25, 0.3) is 0 Å². The summed E-state index contributed by atoms with van der Waals surface area (Å²) in [7, 11) is 0. The van der Waals surface area contributed by atoms with Crippen molar-refractivity contribution in [2.45, 2.75) is 65.1 Å². The molecule has 0 radical (unpaired) electrons. The highest BCUT2D eigenvalue weighted by Gasteiger charge is 2.41. The summed E-state index contributed by atoms with van der Waals surface area (Å²) in [6, 6.07) is 12.4. The number of nitriles is 1. The van der Waals surface area contributed by atoms with E-state index in [9.17, 15) is 10.1 Å². The van der Waals surface area contributed by atoms with E-state index in [0.29, 0.717) is 18.5 Å². The highest BCUT2D eigenvalue weighted by Crippen LogP contribution is 2.49. The average Bonchev–Trinajstić information content (AvgIpc) is 3.30. The third kappa shape index (κ3) is 4.53. The number of amides is 1. The van der Waals surface area contributed by atoms with Gasteiger partial charge in [-0.3, -0.25) is 4.79 Å². The third-order valence-electron chi connectivity index (χ3n) is 6.36. The number of benzene rings is 1. The summed E-state index contributed by atoms with van der Waals surface area (Å²) in [6.07, 6.45) is 7.03. The lowest BCUT2D eigenvalue weighted by Gasteiger charge is -2.29. The van der Waals surface area contributed by atoms with E-state index in [1.165, 1.54) is 25.7 Å². The summed E-state index contributed by atoms with van der Waals surface area (Å²) in [6.45, 7) is 6.67. The van der Waals surface area contributed by atoms with E-state index in [1.807, 2.05) is 44.2 Å². The van der Waals surface area contributed by atoms with Crippen LogP contribution in [0.15, 0.2) is 42.1 Å². The van der Waals surface area contributed by atoms with Gasteiger partial charge in [-0.2, -0.15) is 5.26 Å². The molecule has 2 bridgehead atoms. The zero-order valence-electron chi connectivity index (χ0n) is 16.7. The van der Waals surface area contributed by atoms with Gasteiger partial charge in [0.15, 0.2) is 0 Å². The standard InChI is InChI=1S/C23H31N3O/c1-16(2)26(15-18-7-5-4-6-8-18)23(27)21(13-24)14-25-17(3)22-12-19-9-10-20(22)11-19/h4-8,14,16-17,19-20,22,25H,9-12,15H2,1-3H3/b21-14-. The second kappa shape index (κ2) is 8.61. The number of rotatable bonds is 7. The number of fused-ring (bicyclic) bond motifs is 2. The summed E-state index contributed by atoms with van der Waals surface area (Å²) in [5.74, 6) is 2.18. The zero-order chi connectivity index (χ0) is 19.4. The minimum atomic E-state index is -0.205. The molecule has 144 valence electrons. The van der Waals surface area contributed by atoms with Gasteiger partial charge >= 0.3 is 0 Å². The molecule has 0 saturated heterocycles. The topological polar surface area (TPSA) is 56.1 Å². The summed E-state index contributed by atoms with van der Waals surface area (Å²) < 4.78 is 0. The lowest BCUT2D eigenvalue weighted by molar-refractivity contribution is -0.129. The van der Waals surface area contributed by atoms with Gasteiger partial charge in [0.05, 0.1) is 0 Å². The monoisotopic (exact) mass is 365 g/mol. The Kier molecular flexibility index (Phi) is 6.21. The summed E-state index contributed by atoms with van der Waals surface area (Å²) in [4.78, 5) is 14.7. The van der Waals surface area contributed by atoms with Crippen LogP contribution in [0.2, 0.25) is 0 Å². The first-order valence-corrected chi connectivity index (χ1v) is 10.2. The molecule has 2 fully saturated rings. The summed E-state index contributed by atoms with van der Waals surface area (Å²) >= 11 is 0. The smallest absolute Gasteiger partial charge is 0.266 e. The van der Waals surface area contributed by atoms with E-state index >= 15 is 0 Å². The molecule has 1 aromatic rings. The van der Waals surface area contributed by atoms with Crippen molar-refractivity contribution in [1.82, 2.24) is 10.2 Å². The van der Waals surface area contributed by atoms with Gasteiger partial charge in [-0.25, -0.2) is 0 Å². The van der Waals surface area contributed by atoms with E-state index in [2.05, 4.69) is 18.3 Å². The van der Waals surface area contributed by atoms with Crippen LogP contribution in [-0.2, 0) is 11.3 Å². The van der Waals surface area contributed by atoms with Crippen molar-refractivity contribution >= 4 is 5.91 Å². The predicted molar refractivity (Wildman–Crippen MR) is 107 cm³/mol. The Bertz CT molecular complexity index is 719. The van der Waals surface area contributed by atoms with Gasteiger partial charge in [-0.15, -0.1) is 0 Å². The maximum atomic E-state index is 13.0. The molecule has 4 unspecified atom stereocenters. The van der Waals surface area contributed by atoms with Crippen molar-refractivity contribution in [3.05, 3.63) is 47.7 Å². The number of hydrogen-bond acceptors (Lipinski definition) is 3. The Morgan fingerprint density at radius 3 is 2.56 bits per heavy atom. The fourth-order valence-electron chi connectivity index (χ4n) is 4.81. The first-order chi connectivity index (χ1) is 13.0. The van der Waals surface area contributed by atoms with Crippen molar-refractivity contribution < 1.29 is 4.79 Å². The van der Waals surface area contributed by atoms with E-state index in [-0.39, 0.29) is 17.5 Å². The first kappa shape index (κ1) is 19.5. The average molecular weight is 366 g/mol. The second-order valence-corrected chi connectivity index (χ2v) is 8.48. The molecule has 0 spiro atoms. The molecule has 27 heavy (non-hydrogen) atoms. The number of nitrogens with zero attached hydrogens (tertiary/aromatic N) is 2. The Balaban J connectivity index is 1.66. The number of nitrogens with one attached hydrogen (secondary N) is 1. The van der Waals surface area contributed by atoms with E-state index in [0.717, 1.165) is 17.4 Å². The Labute approximate surface area is 163 Å². The van der Waals surface area contributed by atoms with Crippen LogP contribution in [0.1, 0.15) is 52.0 Å². The minimum absolute atomic E-state index is 0.0254. The van der Waals surface area contributed by atoms with Crippen molar-refractivity contribution in [3.8, 4) is 6.07 Å². The molecule has 0 aromatic heterocycles. The molecule has 4 heteroatoms. The van der Waals surface area contributed by atoms with Gasteiger partial charge in [0, 0.05) is 24.8 Å². The highest BCUT2D eigenvalue weighted by atomic mass is 16.2. The molecule has 1 aromatic carbocycles. The molecule has 3 rings (SSSR count). The summed E-state index contributed by atoms with van der Waals surface area (Å²) in [5.41, 5.74) is 1.26. The molecule has 0 aliphatic heterocycles. The van der Waals surface area contributed by atoms with Crippen molar-refractivity contribution in [2.24, 2.45) is 17.8 Å². The molecule has 4 atom stereocenters. The third-order valence-corrected chi connectivity index (χ3v) is 6.36. The van der Waals surface area contributed by atoms with Gasteiger partial charge < -0.3 is 10.2 Å². The van der Waals surface area contributed by atoms with Gasteiger partial charge in [-0.1, -0.05) is 36.8 Å². The lowest BCUT2D eigenvalue weighted by atomic mass is 9.84. The fourth-order valence-corrected chi connectivity index (χ4v) is 4.81. The highest BCUT2D eigenvalue weighted by molar-refractivity contribution is 5.97. The number of hydrogen-bond donors (Lipinski definition) is 1. The Morgan fingerprint density at radius 1 is 1.26 bits per heavy atom. The molecular formula is C23H31N3O. The SMILES string of the molecule is CC(N/C=C(/C#N)C(=O)N(Cc1ccccc1)C(C)C)C1CC2CCC1C2. The quantitative estimate of drug-likeness (QED) is 0.581. The van der Waals surface area contributed by atoms with Gasteiger partial charge in [-0.05, 0) is 63.4 Å². The largest absolute Gasteiger partial charge is 0.387 e. The molecule has 2 aliphatic carbocycles. The Morgan fingerprint density at radius 2 is 2.00 bits per heavy atom. The maximum Gasteiger partial charge on any atom is 0.266 e. The van der Waals surface area contributed by atoms with Crippen molar-refractivity contribution in [2.75, 3.05) is 0 Å². The molecule has 4 nitrogen and oxygen atoms in total. The van der Waals surface area contributed by atoms with E-state index in [4.69, 9.17) is 0 Å². The minimum Gasteiger partial charge on any atom is -0.387 e. The molecule has 0 heterocycles. The molecule has 1 amide bonds. The fraction of sp³-hybridized carbons (Fsp3) is 0.565.